The van der Waals surface area contributed by atoms with Crippen LogP contribution in [0.2, 0.25) is 10.0 Å². The van der Waals surface area contributed by atoms with E-state index in [1.54, 1.807) is 25.3 Å². The third-order valence-electron chi connectivity index (χ3n) is 2.85. The van der Waals surface area contributed by atoms with Crippen LogP contribution in [0.25, 0.3) is 10.9 Å². The fraction of sp³-hybridized carbons (Fsp3) is 0.0833. The first-order valence-corrected chi connectivity index (χ1v) is 8.90. The SMILES string of the molecule is Cc1nc(S(=O)(=O)Nc2ccc(Cl)c3c(Cl)c[nH]c23)cs1. The van der Waals surface area contributed by atoms with Crippen molar-refractivity contribution in [3.05, 3.63) is 38.8 Å². The predicted molar refractivity (Wildman–Crippen MR) is 86.0 cm³/mol. The highest BCUT2D eigenvalue weighted by Gasteiger charge is 2.20. The monoisotopic (exact) mass is 361 g/mol. The zero-order valence-corrected chi connectivity index (χ0v) is 13.8. The lowest BCUT2D eigenvalue weighted by atomic mass is 10.2. The zero-order chi connectivity index (χ0) is 15.2. The summed E-state index contributed by atoms with van der Waals surface area (Å²) in [4.78, 5) is 6.90. The molecule has 0 unspecified atom stereocenters. The molecule has 1 aromatic carbocycles. The summed E-state index contributed by atoms with van der Waals surface area (Å²) in [6.07, 6.45) is 1.56. The van der Waals surface area contributed by atoms with E-state index in [0.29, 0.717) is 31.6 Å². The van der Waals surface area contributed by atoms with Crippen LogP contribution >= 0.6 is 34.5 Å². The van der Waals surface area contributed by atoms with Crippen LogP contribution in [-0.4, -0.2) is 18.4 Å². The molecule has 0 radical (unpaired) electrons. The molecular weight excluding hydrogens is 353 g/mol. The Morgan fingerprint density at radius 1 is 1.29 bits per heavy atom. The van der Waals surface area contributed by atoms with E-state index >= 15 is 0 Å². The summed E-state index contributed by atoms with van der Waals surface area (Å²) in [6.45, 7) is 1.74. The summed E-state index contributed by atoms with van der Waals surface area (Å²) >= 11 is 13.4. The molecule has 5 nitrogen and oxygen atoms in total. The molecule has 2 aromatic heterocycles. The van der Waals surface area contributed by atoms with Gasteiger partial charge in [0.05, 0.1) is 26.3 Å². The highest BCUT2D eigenvalue weighted by Crippen LogP contribution is 2.35. The minimum Gasteiger partial charge on any atom is -0.358 e. The van der Waals surface area contributed by atoms with Gasteiger partial charge in [0, 0.05) is 17.0 Å². The van der Waals surface area contributed by atoms with Gasteiger partial charge in [-0.1, -0.05) is 23.2 Å². The number of hydrogen-bond donors (Lipinski definition) is 2. The van der Waals surface area contributed by atoms with E-state index in [1.807, 2.05) is 0 Å². The van der Waals surface area contributed by atoms with Crippen molar-refractivity contribution >= 4 is 61.2 Å². The van der Waals surface area contributed by atoms with E-state index < -0.39 is 10.0 Å². The minimum absolute atomic E-state index is 0.00856. The Morgan fingerprint density at radius 3 is 2.71 bits per heavy atom. The largest absolute Gasteiger partial charge is 0.358 e. The van der Waals surface area contributed by atoms with Crippen molar-refractivity contribution in [1.29, 1.82) is 0 Å². The summed E-state index contributed by atoms with van der Waals surface area (Å²) in [6, 6.07) is 3.17. The van der Waals surface area contributed by atoms with E-state index in [4.69, 9.17) is 23.2 Å². The molecule has 110 valence electrons. The lowest BCUT2D eigenvalue weighted by Gasteiger charge is -2.08. The van der Waals surface area contributed by atoms with E-state index in [2.05, 4.69) is 14.7 Å². The molecule has 3 aromatic rings. The lowest BCUT2D eigenvalue weighted by molar-refractivity contribution is 0.598. The second-order valence-electron chi connectivity index (χ2n) is 4.29. The number of H-pyrrole nitrogens is 1. The van der Waals surface area contributed by atoms with Gasteiger partial charge in [-0.15, -0.1) is 11.3 Å². The van der Waals surface area contributed by atoms with E-state index in [9.17, 15) is 8.42 Å². The Balaban J connectivity index is 2.08. The number of aryl methyl sites for hydroxylation is 1. The summed E-state index contributed by atoms with van der Waals surface area (Å²) in [5.41, 5.74) is 0.898. The van der Waals surface area contributed by atoms with Crippen molar-refractivity contribution in [2.75, 3.05) is 4.72 Å². The van der Waals surface area contributed by atoms with Crippen LogP contribution in [0.3, 0.4) is 0 Å². The standard InChI is InChI=1S/C12H9Cl2N3O2S2/c1-6-16-10(5-20-6)21(18,19)17-9-3-2-7(13)11-8(14)4-15-12(9)11/h2-5,15,17H,1H3. The number of anilines is 1. The second-order valence-corrected chi connectivity index (χ2v) is 7.80. The molecule has 0 fully saturated rings. The van der Waals surface area contributed by atoms with E-state index in [-0.39, 0.29) is 5.03 Å². The highest BCUT2D eigenvalue weighted by molar-refractivity contribution is 7.92. The lowest BCUT2D eigenvalue weighted by Crippen LogP contribution is -2.13. The number of hydrogen-bond acceptors (Lipinski definition) is 4. The van der Waals surface area contributed by atoms with Gasteiger partial charge in [-0.05, 0) is 19.1 Å². The van der Waals surface area contributed by atoms with Crippen molar-refractivity contribution in [3.8, 4) is 0 Å². The maximum Gasteiger partial charge on any atom is 0.280 e. The fourth-order valence-corrected chi connectivity index (χ4v) is 4.48. The van der Waals surface area contributed by atoms with E-state index in [0.717, 1.165) is 0 Å². The van der Waals surface area contributed by atoms with Crippen molar-refractivity contribution in [1.82, 2.24) is 9.97 Å². The fourth-order valence-electron chi connectivity index (χ4n) is 1.92. The first-order chi connectivity index (χ1) is 9.88. The maximum absolute atomic E-state index is 12.3. The Kier molecular flexibility index (Phi) is 3.61. The van der Waals surface area contributed by atoms with Gasteiger partial charge in [0.15, 0.2) is 5.03 Å². The second kappa shape index (κ2) is 5.17. The molecule has 0 bridgehead atoms. The third-order valence-corrected chi connectivity index (χ3v) is 5.64. The number of halogens is 2. The average molecular weight is 362 g/mol. The molecule has 0 aliphatic carbocycles. The average Bonchev–Trinajstić information content (AvgIpc) is 3.00. The molecule has 9 heteroatoms. The normalized spacial score (nSPS) is 12.0. The summed E-state index contributed by atoms with van der Waals surface area (Å²) in [5.74, 6) is 0. The number of benzene rings is 1. The van der Waals surface area contributed by atoms with E-state index in [1.165, 1.54) is 16.7 Å². The van der Waals surface area contributed by atoms with Crippen LogP contribution in [0, 0.1) is 6.92 Å². The maximum atomic E-state index is 12.3. The van der Waals surface area contributed by atoms with Gasteiger partial charge in [0.2, 0.25) is 0 Å². The number of aromatic nitrogens is 2. The number of nitrogens with zero attached hydrogens (tertiary/aromatic N) is 1. The molecule has 0 saturated heterocycles. The zero-order valence-electron chi connectivity index (χ0n) is 10.6. The van der Waals surface area contributed by atoms with Crippen molar-refractivity contribution in [3.63, 3.8) is 0 Å². The third kappa shape index (κ3) is 2.62. The predicted octanol–water partition coefficient (Wildman–Crippen LogP) is 4.04. The molecule has 0 aliphatic heterocycles. The van der Waals surface area contributed by atoms with Gasteiger partial charge in [0.25, 0.3) is 10.0 Å². The van der Waals surface area contributed by atoms with Crippen LogP contribution in [0.1, 0.15) is 5.01 Å². The van der Waals surface area contributed by atoms with Crippen molar-refractivity contribution < 1.29 is 8.42 Å². The van der Waals surface area contributed by atoms with Gasteiger partial charge < -0.3 is 4.98 Å². The number of thiazole rings is 1. The van der Waals surface area contributed by atoms with Crippen LogP contribution < -0.4 is 4.72 Å². The Labute approximate surface area is 135 Å². The number of rotatable bonds is 3. The first-order valence-electron chi connectivity index (χ1n) is 5.78. The molecule has 3 rings (SSSR count). The Hall–Kier alpha value is -1.28. The highest BCUT2D eigenvalue weighted by atomic mass is 35.5. The van der Waals surface area contributed by atoms with Crippen LogP contribution in [0.15, 0.2) is 28.7 Å². The minimum atomic E-state index is -3.74. The molecule has 0 spiro atoms. The number of sulfonamides is 1. The van der Waals surface area contributed by atoms with Gasteiger partial charge in [-0.3, -0.25) is 4.72 Å². The Bertz CT molecular complexity index is 931. The molecule has 2 N–H and O–H groups in total. The number of aromatic amines is 1. The van der Waals surface area contributed by atoms with Gasteiger partial charge >= 0.3 is 0 Å². The molecule has 21 heavy (non-hydrogen) atoms. The van der Waals surface area contributed by atoms with Crippen molar-refractivity contribution in [2.45, 2.75) is 11.9 Å². The quantitative estimate of drug-likeness (QED) is 0.738. The van der Waals surface area contributed by atoms with Crippen molar-refractivity contribution in [2.24, 2.45) is 0 Å². The summed E-state index contributed by atoms with van der Waals surface area (Å²) < 4.78 is 27.1. The molecule has 2 heterocycles. The topological polar surface area (TPSA) is 74.8 Å². The smallest absolute Gasteiger partial charge is 0.280 e. The molecular formula is C12H9Cl2N3O2S2. The molecule has 0 saturated carbocycles. The van der Waals surface area contributed by atoms with Crippen LogP contribution in [0.4, 0.5) is 5.69 Å². The molecule has 0 aliphatic rings. The molecule has 0 atom stereocenters. The number of nitrogens with one attached hydrogen (secondary N) is 2. The van der Waals surface area contributed by atoms with Gasteiger partial charge in [0.1, 0.15) is 0 Å². The van der Waals surface area contributed by atoms with Crippen LogP contribution in [0.5, 0.6) is 0 Å². The van der Waals surface area contributed by atoms with Crippen LogP contribution in [-0.2, 0) is 10.0 Å². The summed E-state index contributed by atoms with van der Waals surface area (Å²) in [7, 11) is -3.74. The first kappa shape index (κ1) is 14.6. The van der Waals surface area contributed by atoms with Gasteiger partial charge in [-0.2, -0.15) is 8.42 Å². The Morgan fingerprint density at radius 2 is 2.05 bits per heavy atom. The van der Waals surface area contributed by atoms with Gasteiger partial charge in [-0.25, -0.2) is 4.98 Å². The molecule has 0 amide bonds. The number of fused-ring (bicyclic) bond motifs is 1. The summed E-state index contributed by atoms with van der Waals surface area (Å²) in [5, 5.41) is 3.62.